The van der Waals surface area contributed by atoms with Gasteiger partial charge in [0, 0.05) is 57.8 Å². The number of hydrogen-bond donors (Lipinski definition) is 2. The van der Waals surface area contributed by atoms with Crippen molar-refractivity contribution in [1.82, 2.24) is 25.1 Å². The SMILES string of the molecule is O=C(NCCCN1CCN(C2CCCCC2)CC1)C1CCN(c2nc3ccccc3[nH]2)CC1. The van der Waals surface area contributed by atoms with Crippen molar-refractivity contribution in [3.63, 3.8) is 0 Å². The summed E-state index contributed by atoms with van der Waals surface area (Å²) in [5.74, 6) is 1.30. The Hall–Kier alpha value is -2.12. The zero-order chi connectivity index (χ0) is 22.5. The van der Waals surface area contributed by atoms with Crippen molar-refractivity contribution < 1.29 is 4.79 Å². The van der Waals surface area contributed by atoms with Crippen LogP contribution < -0.4 is 10.2 Å². The summed E-state index contributed by atoms with van der Waals surface area (Å²) in [6.45, 7) is 8.47. The first kappa shape index (κ1) is 22.7. The summed E-state index contributed by atoms with van der Waals surface area (Å²) in [6.07, 6.45) is 9.92. The Morgan fingerprint density at radius 1 is 0.970 bits per heavy atom. The van der Waals surface area contributed by atoms with Crippen LogP contribution in [0.1, 0.15) is 51.4 Å². The molecule has 0 radical (unpaired) electrons. The van der Waals surface area contributed by atoms with Gasteiger partial charge in [-0.15, -0.1) is 0 Å². The average molecular weight is 453 g/mol. The number of benzene rings is 1. The Kier molecular flexibility index (Phi) is 7.47. The third kappa shape index (κ3) is 5.69. The van der Waals surface area contributed by atoms with Crippen molar-refractivity contribution >= 4 is 22.9 Å². The molecule has 1 aromatic heterocycles. The lowest BCUT2D eigenvalue weighted by Crippen LogP contribution is -2.51. The minimum atomic E-state index is 0.129. The lowest BCUT2D eigenvalue weighted by Gasteiger charge is -2.40. The lowest BCUT2D eigenvalue weighted by atomic mass is 9.94. The molecule has 7 nitrogen and oxygen atoms in total. The van der Waals surface area contributed by atoms with Crippen LogP contribution in [0, 0.1) is 5.92 Å². The molecule has 3 heterocycles. The van der Waals surface area contributed by atoms with E-state index in [1.54, 1.807) is 0 Å². The second-order valence-electron chi connectivity index (χ2n) is 10.2. The molecule has 0 spiro atoms. The Labute approximate surface area is 197 Å². The summed E-state index contributed by atoms with van der Waals surface area (Å²) < 4.78 is 0. The molecule has 0 unspecified atom stereocenters. The molecule has 0 bridgehead atoms. The highest BCUT2D eigenvalue weighted by Gasteiger charge is 2.27. The van der Waals surface area contributed by atoms with Gasteiger partial charge in [0.05, 0.1) is 11.0 Å². The normalized spacial score (nSPS) is 22.1. The first-order valence-corrected chi connectivity index (χ1v) is 13.2. The van der Waals surface area contributed by atoms with Gasteiger partial charge < -0.3 is 20.1 Å². The predicted molar refractivity (Wildman–Crippen MR) is 134 cm³/mol. The number of nitrogens with one attached hydrogen (secondary N) is 2. The van der Waals surface area contributed by atoms with Gasteiger partial charge in [-0.2, -0.15) is 0 Å². The monoisotopic (exact) mass is 452 g/mol. The summed E-state index contributed by atoms with van der Waals surface area (Å²) in [5, 5.41) is 3.21. The van der Waals surface area contributed by atoms with Crippen LogP contribution in [0.4, 0.5) is 5.95 Å². The van der Waals surface area contributed by atoms with Crippen LogP contribution in [0.25, 0.3) is 11.0 Å². The van der Waals surface area contributed by atoms with Crippen LogP contribution in [-0.2, 0) is 4.79 Å². The van der Waals surface area contributed by atoms with E-state index in [9.17, 15) is 4.79 Å². The quantitative estimate of drug-likeness (QED) is 0.632. The second kappa shape index (κ2) is 10.9. The van der Waals surface area contributed by atoms with E-state index < -0.39 is 0 Å². The Bertz CT molecular complexity index is 858. The minimum absolute atomic E-state index is 0.129. The molecular weight excluding hydrogens is 412 g/mol. The van der Waals surface area contributed by atoms with Crippen molar-refractivity contribution in [3.05, 3.63) is 24.3 Å². The molecule has 33 heavy (non-hydrogen) atoms. The molecular formula is C26H40N6O. The van der Waals surface area contributed by atoms with Crippen molar-refractivity contribution in [3.8, 4) is 0 Å². The molecule has 1 aliphatic carbocycles. The summed E-state index contributed by atoms with van der Waals surface area (Å²) in [5.41, 5.74) is 2.07. The molecule has 5 rings (SSSR count). The van der Waals surface area contributed by atoms with Crippen LogP contribution in [-0.4, -0.2) is 84.1 Å². The predicted octanol–water partition coefficient (Wildman–Crippen LogP) is 3.24. The maximum atomic E-state index is 12.7. The summed E-state index contributed by atoms with van der Waals surface area (Å²) in [6, 6.07) is 8.98. The van der Waals surface area contributed by atoms with Gasteiger partial charge in [-0.1, -0.05) is 31.4 Å². The fourth-order valence-corrected chi connectivity index (χ4v) is 5.90. The van der Waals surface area contributed by atoms with Crippen molar-refractivity contribution in [2.24, 2.45) is 5.92 Å². The van der Waals surface area contributed by atoms with E-state index in [0.717, 1.165) is 68.5 Å². The Balaban J connectivity index is 0.969. The number of para-hydroxylation sites is 2. The molecule has 2 saturated heterocycles. The number of imidazole rings is 1. The highest BCUT2D eigenvalue weighted by atomic mass is 16.1. The fourth-order valence-electron chi connectivity index (χ4n) is 5.90. The van der Waals surface area contributed by atoms with E-state index >= 15 is 0 Å². The topological polar surface area (TPSA) is 67.5 Å². The molecule has 1 amide bonds. The number of hydrogen-bond acceptors (Lipinski definition) is 5. The summed E-state index contributed by atoms with van der Waals surface area (Å²) >= 11 is 0. The summed E-state index contributed by atoms with van der Waals surface area (Å²) in [7, 11) is 0. The largest absolute Gasteiger partial charge is 0.356 e. The van der Waals surface area contributed by atoms with Gasteiger partial charge in [0.15, 0.2) is 0 Å². The Morgan fingerprint density at radius 3 is 2.48 bits per heavy atom. The lowest BCUT2D eigenvalue weighted by molar-refractivity contribution is -0.125. The van der Waals surface area contributed by atoms with Crippen molar-refractivity contribution in [2.45, 2.75) is 57.4 Å². The van der Waals surface area contributed by atoms with Gasteiger partial charge in [0.2, 0.25) is 11.9 Å². The number of piperazine rings is 1. The van der Waals surface area contributed by atoms with Crippen molar-refractivity contribution in [1.29, 1.82) is 0 Å². The maximum Gasteiger partial charge on any atom is 0.223 e. The first-order chi connectivity index (χ1) is 16.3. The number of anilines is 1. The van der Waals surface area contributed by atoms with Gasteiger partial charge in [0.1, 0.15) is 0 Å². The van der Waals surface area contributed by atoms with E-state index in [1.807, 2.05) is 18.2 Å². The molecule has 1 aromatic carbocycles. The van der Waals surface area contributed by atoms with Crippen molar-refractivity contribution in [2.75, 3.05) is 57.3 Å². The van der Waals surface area contributed by atoms with E-state index in [4.69, 9.17) is 4.98 Å². The number of rotatable bonds is 7. The summed E-state index contributed by atoms with van der Waals surface area (Å²) in [4.78, 5) is 28.4. The maximum absolute atomic E-state index is 12.7. The van der Waals surface area contributed by atoms with E-state index in [0.29, 0.717) is 0 Å². The third-order valence-electron chi connectivity index (χ3n) is 7.99. The van der Waals surface area contributed by atoms with Gasteiger partial charge in [0.25, 0.3) is 0 Å². The number of piperidine rings is 1. The molecule has 2 aromatic rings. The highest BCUT2D eigenvalue weighted by Crippen LogP contribution is 2.24. The molecule has 3 fully saturated rings. The zero-order valence-electron chi connectivity index (χ0n) is 20.0. The number of carbonyl (C=O) groups is 1. The highest BCUT2D eigenvalue weighted by molar-refractivity contribution is 5.79. The zero-order valence-corrected chi connectivity index (χ0v) is 20.0. The smallest absolute Gasteiger partial charge is 0.223 e. The average Bonchev–Trinajstić information content (AvgIpc) is 3.32. The second-order valence-corrected chi connectivity index (χ2v) is 10.2. The molecule has 2 N–H and O–H groups in total. The van der Waals surface area contributed by atoms with Crippen LogP contribution in [0.15, 0.2) is 24.3 Å². The van der Waals surface area contributed by atoms with Gasteiger partial charge >= 0.3 is 0 Å². The first-order valence-electron chi connectivity index (χ1n) is 13.2. The number of aromatic amines is 1. The molecule has 1 saturated carbocycles. The molecule has 7 heteroatoms. The van der Waals surface area contributed by atoms with Gasteiger partial charge in [-0.05, 0) is 50.8 Å². The van der Waals surface area contributed by atoms with Crippen LogP contribution >= 0.6 is 0 Å². The molecule has 3 aliphatic rings. The number of aromatic nitrogens is 2. The van der Waals surface area contributed by atoms with Crippen LogP contribution in [0.3, 0.4) is 0 Å². The number of nitrogens with zero attached hydrogens (tertiary/aromatic N) is 4. The number of amides is 1. The van der Waals surface area contributed by atoms with E-state index in [2.05, 4.69) is 31.1 Å². The number of carbonyl (C=O) groups excluding carboxylic acids is 1. The molecule has 180 valence electrons. The number of fused-ring (bicyclic) bond motifs is 1. The standard InChI is InChI=1S/C26H40N6O/c33-25(21-11-15-32(16-12-21)26-28-23-9-4-5-10-24(23)29-26)27-13-6-14-30-17-19-31(20-18-30)22-7-2-1-3-8-22/h4-5,9-10,21-22H,1-3,6-8,11-20H2,(H,27,33)(H,28,29). The van der Waals surface area contributed by atoms with E-state index in [1.165, 1.54) is 58.3 Å². The van der Waals surface area contributed by atoms with Gasteiger partial charge in [-0.3, -0.25) is 9.69 Å². The minimum Gasteiger partial charge on any atom is -0.356 e. The van der Waals surface area contributed by atoms with Crippen LogP contribution in [0.5, 0.6) is 0 Å². The Morgan fingerprint density at radius 2 is 1.73 bits per heavy atom. The van der Waals surface area contributed by atoms with E-state index in [-0.39, 0.29) is 11.8 Å². The number of H-pyrrole nitrogens is 1. The van der Waals surface area contributed by atoms with Gasteiger partial charge in [-0.25, -0.2) is 4.98 Å². The molecule has 2 aliphatic heterocycles. The van der Waals surface area contributed by atoms with Crippen LogP contribution in [0.2, 0.25) is 0 Å². The third-order valence-corrected chi connectivity index (χ3v) is 7.99. The molecule has 0 atom stereocenters. The fraction of sp³-hybridized carbons (Fsp3) is 0.692.